The highest BCUT2D eigenvalue weighted by Gasteiger charge is 2.13. The van der Waals surface area contributed by atoms with Crippen LogP contribution in [0.25, 0.3) is 0 Å². The number of aromatic nitrogens is 2. The molecule has 1 aromatic carbocycles. The van der Waals surface area contributed by atoms with Gasteiger partial charge in [0.15, 0.2) is 0 Å². The molecule has 3 rings (SSSR count). The fraction of sp³-hybridized carbons (Fsp3) is 0.333. The molecule has 0 radical (unpaired) electrons. The highest BCUT2D eigenvalue weighted by molar-refractivity contribution is 5.32. The highest BCUT2D eigenvalue weighted by Crippen LogP contribution is 2.11. The molecule has 1 aromatic heterocycles. The summed E-state index contributed by atoms with van der Waals surface area (Å²) < 4.78 is 0. The molecule has 1 aliphatic rings. The average molecular weight is 254 g/mol. The molecule has 2 aromatic rings. The Labute approximate surface area is 113 Å². The topological polar surface area (TPSA) is 41.1 Å². The molecule has 98 valence electrons. The van der Waals surface area contributed by atoms with Crippen molar-refractivity contribution in [3.8, 4) is 0 Å². The first-order valence-corrected chi connectivity index (χ1v) is 6.73. The van der Waals surface area contributed by atoms with E-state index in [-0.39, 0.29) is 0 Å². The molecule has 0 bridgehead atoms. The van der Waals surface area contributed by atoms with Gasteiger partial charge in [-0.25, -0.2) is 9.97 Å². The maximum absolute atomic E-state index is 4.68. The Hall–Kier alpha value is -1.94. The van der Waals surface area contributed by atoms with Gasteiger partial charge in [-0.3, -0.25) is 0 Å². The van der Waals surface area contributed by atoms with E-state index in [9.17, 15) is 0 Å². The lowest BCUT2D eigenvalue weighted by Gasteiger charge is -2.27. The maximum atomic E-state index is 4.68. The molecule has 0 spiro atoms. The second-order valence-electron chi connectivity index (χ2n) is 4.75. The van der Waals surface area contributed by atoms with Gasteiger partial charge < -0.3 is 10.2 Å². The van der Waals surface area contributed by atoms with Gasteiger partial charge in [0.25, 0.3) is 0 Å². The summed E-state index contributed by atoms with van der Waals surface area (Å²) >= 11 is 0. The number of anilines is 1. The number of hydrogen-bond donors (Lipinski definition) is 1. The van der Waals surface area contributed by atoms with Crippen LogP contribution in [0.4, 0.5) is 5.95 Å². The van der Waals surface area contributed by atoms with Crippen LogP contribution in [-0.4, -0.2) is 36.1 Å². The van der Waals surface area contributed by atoms with Crippen molar-refractivity contribution in [2.24, 2.45) is 0 Å². The lowest BCUT2D eigenvalue weighted by atomic mass is 10.1. The Morgan fingerprint density at radius 2 is 1.84 bits per heavy atom. The van der Waals surface area contributed by atoms with Crippen molar-refractivity contribution in [1.29, 1.82) is 0 Å². The molecule has 4 nitrogen and oxygen atoms in total. The normalized spacial score (nSPS) is 15.5. The van der Waals surface area contributed by atoms with Crippen molar-refractivity contribution >= 4 is 5.95 Å². The van der Waals surface area contributed by atoms with E-state index in [1.54, 1.807) is 0 Å². The predicted molar refractivity (Wildman–Crippen MR) is 76.4 cm³/mol. The van der Waals surface area contributed by atoms with E-state index in [1.165, 1.54) is 5.56 Å². The Balaban J connectivity index is 1.76. The van der Waals surface area contributed by atoms with Crippen LogP contribution in [-0.2, 0) is 6.42 Å². The van der Waals surface area contributed by atoms with E-state index >= 15 is 0 Å². The van der Waals surface area contributed by atoms with Crippen LogP contribution in [0.15, 0.2) is 42.6 Å². The molecule has 1 fully saturated rings. The van der Waals surface area contributed by atoms with Gasteiger partial charge in [-0.2, -0.15) is 0 Å². The largest absolute Gasteiger partial charge is 0.338 e. The molecule has 0 aliphatic carbocycles. The Morgan fingerprint density at radius 3 is 2.63 bits per heavy atom. The van der Waals surface area contributed by atoms with Gasteiger partial charge >= 0.3 is 0 Å². The summed E-state index contributed by atoms with van der Waals surface area (Å²) in [7, 11) is 0. The van der Waals surface area contributed by atoms with Crippen LogP contribution in [0.5, 0.6) is 0 Å². The number of benzene rings is 1. The minimum absolute atomic E-state index is 0.856. The van der Waals surface area contributed by atoms with Crippen LogP contribution in [0.2, 0.25) is 0 Å². The summed E-state index contributed by atoms with van der Waals surface area (Å²) in [6.07, 6.45) is 2.73. The number of rotatable bonds is 3. The van der Waals surface area contributed by atoms with Gasteiger partial charge in [0.1, 0.15) is 0 Å². The minimum atomic E-state index is 0.856. The van der Waals surface area contributed by atoms with E-state index in [0.717, 1.165) is 44.2 Å². The fourth-order valence-electron chi connectivity index (χ4n) is 2.31. The van der Waals surface area contributed by atoms with Gasteiger partial charge in [-0.1, -0.05) is 30.3 Å². The number of nitrogens with zero attached hydrogens (tertiary/aromatic N) is 3. The summed E-state index contributed by atoms with van der Waals surface area (Å²) in [6, 6.07) is 12.4. The Bertz CT molecular complexity index is 521. The molecule has 0 amide bonds. The fourth-order valence-corrected chi connectivity index (χ4v) is 2.31. The smallest absolute Gasteiger partial charge is 0.225 e. The van der Waals surface area contributed by atoms with E-state index in [2.05, 4.69) is 44.5 Å². The summed E-state index contributed by atoms with van der Waals surface area (Å²) in [5, 5.41) is 3.34. The van der Waals surface area contributed by atoms with Crippen molar-refractivity contribution < 1.29 is 0 Å². The lowest BCUT2D eigenvalue weighted by Crippen LogP contribution is -2.44. The van der Waals surface area contributed by atoms with Crippen molar-refractivity contribution in [2.75, 3.05) is 31.1 Å². The molecule has 1 N–H and O–H groups in total. The summed E-state index contributed by atoms with van der Waals surface area (Å²) in [6.45, 7) is 3.97. The van der Waals surface area contributed by atoms with E-state index < -0.39 is 0 Å². The van der Waals surface area contributed by atoms with Crippen LogP contribution < -0.4 is 10.2 Å². The van der Waals surface area contributed by atoms with Gasteiger partial charge in [0.05, 0.1) is 5.69 Å². The molecular weight excluding hydrogens is 236 g/mol. The molecule has 0 atom stereocenters. The van der Waals surface area contributed by atoms with Crippen molar-refractivity contribution in [1.82, 2.24) is 15.3 Å². The quantitative estimate of drug-likeness (QED) is 0.900. The standard InChI is InChI=1S/C15H18N4/c1-2-4-13(5-3-1)12-14-6-7-17-15(18-14)19-10-8-16-9-11-19/h1-7,16H,8-12H2. The van der Waals surface area contributed by atoms with Crippen molar-refractivity contribution in [3.63, 3.8) is 0 Å². The summed E-state index contributed by atoms with van der Waals surface area (Å²) in [5.41, 5.74) is 2.36. The Kier molecular flexibility index (Phi) is 3.70. The lowest BCUT2D eigenvalue weighted by molar-refractivity contribution is 0.579. The van der Waals surface area contributed by atoms with E-state index in [1.807, 2.05) is 18.3 Å². The molecule has 2 heterocycles. The second kappa shape index (κ2) is 5.80. The second-order valence-corrected chi connectivity index (χ2v) is 4.75. The number of piperazine rings is 1. The molecular formula is C15H18N4. The molecule has 19 heavy (non-hydrogen) atoms. The zero-order chi connectivity index (χ0) is 12.9. The molecule has 4 heteroatoms. The van der Waals surface area contributed by atoms with Gasteiger partial charge in [-0.15, -0.1) is 0 Å². The Morgan fingerprint density at radius 1 is 1.05 bits per heavy atom. The molecule has 0 unspecified atom stereocenters. The monoisotopic (exact) mass is 254 g/mol. The number of nitrogens with one attached hydrogen (secondary N) is 1. The van der Waals surface area contributed by atoms with Crippen molar-refractivity contribution in [2.45, 2.75) is 6.42 Å². The SMILES string of the molecule is c1ccc(Cc2ccnc(N3CCNCC3)n2)cc1. The van der Waals surface area contributed by atoms with E-state index in [0.29, 0.717) is 0 Å². The van der Waals surface area contributed by atoms with Crippen LogP contribution >= 0.6 is 0 Å². The summed E-state index contributed by atoms with van der Waals surface area (Å²) in [4.78, 5) is 11.3. The molecule has 0 saturated carbocycles. The highest BCUT2D eigenvalue weighted by atomic mass is 15.3. The first kappa shape index (κ1) is 12.1. The zero-order valence-electron chi connectivity index (χ0n) is 10.9. The predicted octanol–water partition coefficient (Wildman–Crippen LogP) is 1.48. The molecule has 1 aliphatic heterocycles. The van der Waals surface area contributed by atoms with Gasteiger partial charge in [0.2, 0.25) is 5.95 Å². The minimum Gasteiger partial charge on any atom is -0.338 e. The number of hydrogen-bond acceptors (Lipinski definition) is 4. The first-order valence-electron chi connectivity index (χ1n) is 6.73. The average Bonchev–Trinajstić information content (AvgIpc) is 2.49. The zero-order valence-corrected chi connectivity index (χ0v) is 10.9. The van der Waals surface area contributed by atoms with E-state index in [4.69, 9.17) is 0 Å². The third-order valence-electron chi connectivity index (χ3n) is 3.33. The molecule has 1 saturated heterocycles. The van der Waals surface area contributed by atoms with Crippen LogP contribution in [0.1, 0.15) is 11.3 Å². The maximum Gasteiger partial charge on any atom is 0.225 e. The first-order chi connectivity index (χ1) is 9.42. The van der Waals surface area contributed by atoms with Crippen LogP contribution in [0, 0.1) is 0 Å². The third-order valence-corrected chi connectivity index (χ3v) is 3.33. The van der Waals surface area contributed by atoms with Gasteiger partial charge in [0, 0.05) is 38.8 Å². The summed E-state index contributed by atoms with van der Waals surface area (Å²) in [5.74, 6) is 0.856. The van der Waals surface area contributed by atoms with Gasteiger partial charge in [-0.05, 0) is 11.6 Å². The third kappa shape index (κ3) is 3.09. The van der Waals surface area contributed by atoms with Crippen molar-refractivity contribution in [3.05, 3.63) is 53.9 Å². The van der Waals surface area contributed by atoms with Crippen LogP contribution in [0.3, 0.4) is 0 Å².